The number of aromatic nitrogens is 2. The molecule has 3 aromatic rings. The first-order chi connectivity index (χ1) is 13.7. The molecule has 1 heterocycles. The zero-order chi connectivity index (χ0) is 20.8. The van der Waals surface area contributed by atoms with Crippen LogP contribution in [0.5, 0.6) is 0 Å². The lowest BCUT2D eigenvalue weighted by Crippen LogP contribution is -2.17. The van der Waals surface area contributed by atoms with Crippen molar-refractivity contribution >= 4 is 19.7 Å². The van der Waals surface area contributed by atoms with Crippen molar-refractivity contribution in [1.29, 1.82) is 0 Å². The monoisotopic (exact) mass is 434 g/mol. The molecule has 1 saturated carbocycles. The average molecular weight is 435 g/mol. The van der Waals surface area contributed by atoms with Crippen LogP contribution in [0.2, 0.25) is 0 Å². The second kappa shape index (κ2) is 7.07. The normalized spacial score (nSPS) is 14.8. The Balaban J connectivity index is 1.95. The van der Waals surface area contributed by atoms with E-state index < -0.39 is 30.5 Å². The fourth-order valence-corrected chi connectivity index (χ4v) is 7.15. The van der Waals surface area contributed by atoms with Crippen molar-refractivity contribution in [2.24, 2.45) is 13.0 Å². The van der Waals surface area contributed by atoms with Gasteiger partial charge in [0, 0.05) is 12.6 Å². The van der Waals surface area contributed by atoms with Gasteiger partial charge < -0.3 is 4.57 Å². The van der Waals surface area contributed by atoms with Crippen LogP contribution >= 0.6 is 0 Å². The molecule has 0 aliphatic heterocycles. The van der Waals surface area contributed by atoms with E-state index in [1.807, 2.05) is 0 Å². The van der Waals surface area contributed by atoms with Crippen LogP contribution in [0, 0.1) is 11.7 Å². The van der Waals surface area contributed by atoms with Crippen molar-refractivity contribution in [3.05, 3.63) is 60.4 Å². The number of rotatable bonds is 6. The van der Waals surface area contributed by atoms with Crippen LogP contribution < -0.4 is 0 Å². The number of halogens is 1. The average Bonchev–Trinajstić information content (AvgIpc) is 3.40. The molecule has 2 aromatic carbocycles. The second-order valence-electron chi connectivity index (χ2n) is 7.15. The quantitative estimate of drug-likeness (QED) is 0.556. The van der Waals surface area contributed by atoms with Gasteiger partial charge in [0.25, 0.3) is 0 Å². The fraction of sp³-hybridized carbons (Fsp3) is 0.250. The minimum absolute atomic E-state index is 0.0384. The maximum absolute atomic E-state index is 13.3. The Morgan fingerprint density at radius 1 is 1.00 bits per heavy atom. The van der Waals surface area contributed by atoms with Crippen LogP contribution in [-0.2, 0) is 26.7 Å². The highest BCUT2D eigenvalue weighted by atomic mass is 32.2. The van der Waals surface area contributed by atoms with Gasteiger partial charge >= 0.3 is 0 Å². The molecule has 0 N–H and O–H groups in total. The number of imidazole rings is 1. The lowest BCUT2D eigenvalue weighted by molar-refractivity contribution is 0.567. The third-order valence-corrected chi connectivity index (χ3v) is 8.65. The molecule has 0 radical (unpaired) electrons. The van der Waals surface area contributed by atoms with Crippen molar-refractivity contribution in [3.63, 3.8) is 0 Å². The summed E-state index contributed by atoms with van der Waals surface area (Å²) in [6.07, 6.45) is 1.62. The Hall–Kier alpha value is -2.52. The van der Waals surface area contributed by atoms with E-state index >= 15 is 0 Å². The molecule has 152 valence electrons. The van der Waals surface area contributed by atoms with E-state index in [4.69, 9.17) is 0 Å². The van der Waals surface area contributed by atoms with Crippen LogP contribution in [0.1, 0.15) is 12.8 Å². The summed E-state index contributed by atoms with van der Waals surface area (Å²) >= 11 is 0. The largest absolute Gasteiger partial charge is 0.317 e. The van der Waals surface area contributed by atoms with E-state index in [1.54, 1.807) is 30.3 Å². The van der Waals surface area contributed by atoms with Gasteiger partial charge in [0.05, 0.1) is 10.6 Å². The molecule has 9 heteroatoms. The van der Waals surface area contributed by atoms with Crippen molar-refractivity contribution in [2.75, 3.05) is 5.75 Å². The van der Waals surface area contributed by atoms with Gasteiger partial charge in [-0.2, -0.15) is 0 Å². The van der Waals surface area contributed by atoms with Gasteiger partial charge in [0.1, 0.15) is 11.6 Å². The summed E-state index contributed by atoms with van der Waals surface area (Å²) < 4.78 is 67.3. The molecule has 0 bridgehead atoms. The van der Waals surface area contributed by atoms with Gasteiger partial charge in [-0.1, -0.05) is 30.3 Å². The zero-order valence-electron chi connectivity index (χ0n) is 15.6. The van der Waals surface area contributed by atoms with Crippen LogP contribution in [0.15, 0.2) is 69.5 Å². The Bertz CT molecular complexity index is 1260. The van der Waals surface area contributed by atoms with E-state index in [0.717, 1.165) is 37.1 Å². The summed E-state index contributed by atoms with van der Waals surface area (Å²) in [5.74, 6) is -0.430. The molecule has 1 aromatic heterocycles. The molecule has 1 aliphatic rings. The number of benzene rings is 2. The summed E-state index contributed by atoms with van der Waals surface area (Å²) in [7, 11) is -6.67. The smallest absolute Gasteiger partial charge is 0.226 e. The SMILES string of the molecule is Cn1c(-c2ccccc2)nc(S(=O)(=O)c2ccc(F)cc2)c1S(=O)(=O)CC1CC1. The lowest BCUT2D eigenvalue weighted by Gasteiger charge is -2.09. The predicted molar refractivity (Wildman–Crippen MR) is 105 cm³/mol. The van der Waals surface area contributed by atoms with Gasteiger partial charge in [-0.25, -0.2) is 26.2 Å². The molecule has 1 fully saturated rings. The molecule has 0 atom stereocenters. The maximum atomic E-state index is 13.3. The van der Waals surface area contributed by atoms with E-state index in [9.17, 15) is 21.2 Å². The first kappa shape index (κ1) is 19.8. The maximum Gasteiger partial charge on any atom is 0.226 e. The van der Waals surface area contributed by atoms with Gasteiger partial charge in [-0.3, -0.25) is 0 Å². The van der Waals surface area contributed by atoms with E-state index in [2.05, 4.69) is 4.98 Å². The third-order valence-electron chi connectivity index (χ3n) is 4.87. The zero-order valence-corrected chi connectivity index (χ0v) is 17.2. The van der Waals surface area contributed by atoms with Gasteiger partial charge in [0.2, 0.25) is 9.84 Å². The minimum Gasteiger partial charge on any atom is -0.317 e. The molecule has 29 heavy (non-hydrogen) atoms. The first-order valence-electron chi connectivity index (χ1n) is 9.06. The fourth-order valence-electron chi connectivity index (χ4n) is 3.22. The summed E-state index contributed by atoms with van der Waals surface area (Å²) in [6, 6.07) is 13.0. The molecule has 1 aliphatic carbocycles. The molecule has 0 amide bonds. The van der Waals surface area contributed by atoms with Crippen LogP contribution in [0.25, 0.3) is 11.4 Å². The molecular weight excluding hydrogens is 415 g/mol. The first-order valence-corrected chi connectivity index (χ1v) is 12.2. The predicted octanol–water partition coefficient (Wildman–Crippen LogP) is 3.24. The number of nitrogens with zero attached hydrogens (tertiary/aromatic N) is 2. The van der Waals surface area contributed by atoms with Gasteiger partial charge in [-0.05, 0) is 43.0 Å². The van der Waals surface area contributed by atoms with Crippen molar-refractivity contribution in [1.82, 2.24) is 9.55 Å². The van der Waals surface area contributed by atoms with Crippen molar-refractivity contribution in [3.8, 4) is 11.4 Å². The van der Waals surface area contributed by atoms with E-state index in [0.29, 0.717) is 5.56 Å². The van der Waals surface area contributed by atoms with Gasteiger partial charge in [-0.15, -0.1) is 0 Å². The highest BCUT2D eigenvalue weighted by Gasteiger charge is 2.38. The van der Waals surface area contributed by atoms with E-state index in [1.165, 1.54) is 11.6 Å². The highest BCUT2D eigenvalue weighted by molar-refractivity contribution is 7.94. The van der Waals surface area contributed by atoms with Crippen LogP contribution in [0.4, 0.5) is 4.39 Å². The summed E-state index contributed by atoms with van der Waals surface area (Å²) in [6.45, 7) is 0. The second-order valence-corrected chi connectivity index (χ2v) is 11.0. The number of sulfone groups is 2. The summed E-state index contributed by atoms with van der Waals surface area (Å²) in [5, 5.41) is -0.848. The Morgan fingerprint density at radius 3 is 2.21 bits per heavy atom. The standard InChI is InChI=1S/C20H19FN2O4S2/c1-23-18(15-5-3-2-4-6-15)22-19(20(23)28(24,25)13-14-7-8-14)29(26,27)17-11-9-16(21)10-12-17/h2-6,9-12,14H,7-8,13H2,1H3. The van der Waals surface area contributed by atoms with Gasteiger partial charge in [0.15, 0.2) is 19.9 Å². The Kier molecular flexibility index (Phi) is 4.82. The number of hydrogen-bond acceptors (Lipinski definition) is 5. The van der Waals surface area contributed by atoms with Crippen LogP contribution in [0.3, 0.4) is 0 Å². The van der Waals surface area contributed by atoms with Crippen LogP contribution in [-0.4, -0.2) is 32.1 Å². The molecule has 0 saturated heterocycles. The topological polar surface area (TPSA) is 86.1 Å². The molecule has 4 rings (SSSR count). The Labute approximate surface area is 168 Å². The Morgan fingerprint density at radius 2 is 1.62 bits per heavy atom. The molecule has 6 nitrogen and oxygen atoms in total. The van der Waals surface area contributed by atoms with Crippen molar-refractivity contribution in [2.45, 2.75) is 27.8 Å². The number of hydrogen-bond donors (Lipinski definition) is 0. The van der Waals surface area contributed by atoms with Crippen molar-refractivity contribution < 1.29 is 21.2 Å². The minimum atomic E-state index is -4.27. The summed E-state index contributed by atoms with van der Waals surface area (Å²) in [4.78, 5) is 4.04. The molecular formula is C20H19FN2O4S2. The van der Waals surface area contributed by atoms with E-state index in [-0.39, 0.29) is 27.4 Å². The highest BCUT2D eigenvalue weighted by Crippen LogP contribution is 2.36. The third kappa shape index (κ3) is 3.72. The summed E-state index contributed by atoms with van der Waals surface area (Å²) in [5.41, 5.74) is 0.596. The lowest BCUT2D eigenvalue weighted by atomic mass is 10.2. The molecule has 0 spiro atoms. The molecule has 0 unspecified atom stereocenters.